The number of hydrogen-bond acceptors (Lipinski definition) is 3. The van der Waals surface area contributed by atoms with Crippen LogP contribution in [0.15, 0.2) is 0 Å². The molecule has 15 heavy (non-hydrogen) atoms. The maximum absolute atomic E-state index is 12.2. The number of thioether (sulfide) groups is 1. The molecule has 0 aromatic rings. The summed E-state index contributed by atoms with van der Waals surface area (Å²) in [7, 11) is 0. The Labute approximate surface area is 96.1 Å². The van der Waals surface area contributed by atoms with Gasteiger partial charge in [0.25, 0.3) is 0 Å². The van der Waals surface area contributed by atoms with Crippen LogP contribution >= 0.6 is 11.8 Å². The lowest BCUT2D eigenvalue weighted by molar-refractivity contribution is -0.133. The van der Waals surface area contributed by atoms with Crippen molar-refractivity contribution in [1.29, 1.82) is 0 Å². The van der Waals surface area contributed by atoms with E-state index in [9.17, 15) is 4.79 Å². The second-order valence-corrected chi connectivity index (χ2v) is 5.68. The zero-order chi connectivity index (χ0) is 10.5. The molecule has 2 aliphatic rings. The molecule has 0 bridgehead atoms. The normalized spacial score (nSPS) is 29.7. The number of rotatable bonds is 2. The Balaban J connectivity index is 1.87. The molecule has 0 aromatic heterocycles. The van der Waals surface area contributed by atoms with Gasteiger partial charge in [-0.2, -0.15) is 11.8 Å². The van der Waals surface area contributed by atoms with E-state index in [0.29, 0.717) is 11.7 Å². The molecule has 0 spiro atoms. The molecule has 0 amide bonds. The van der Waals surface area contributed by atoms with Gasteiger partial charge >= 0.3 is 0 Å². The monoisotopic (exact) mass is 228 g/mol. The van der Waals surface area contributed by atoms with Crippen LogP contribution in [-0.2, 0) is 9.53 Å². The number of hydrogen-bond donors (Lipinski definition) is 0. The van der Waals surface area contributed by atoms with Gasteiger partial charge in [0, 0.05) is 17.4 Å². The van der Waals surface area contributed by atoms with E-state index in [-0.39, 0.29) is 6.10 Å². The third-order valence-electron chi connectivity index (χ3n) is 3.39. The second kappa shape index (κ2) is 5.90. The molecule has 1 atom stereocenters. The predicted octanol–water partition coefficient (Wildman–Crippen LogP) is 2.66. The number of carbonyl (C=O) groups excluding carboxylic acids is 1. The molecule has 2 rings (SSSR count). The van der Waals surface area contributed by atoms with Crippen molar-refractivity contribution in [3.63, 3.8) is 0 Å². The van der Waals surface area contributed by atoms with E-state index >= 15 is 0 Å². The summed E-state index contributed by atoms with van der Waals surface area (Å²) in [4.78, 5) is 12.2. The Morgan fingerprint density at radius 3 is 2.47 bits per heavy atom. The molecule has 3 heteroatoms. The van der Waals surface area contributed by atoms with Crippen molar-refractivity contribution in [2.75, 3.05) is 18.1 Å². The predicted molar refractivity (Wildman–Crippen MR) is 63.3 cm³/mol. The van der Waals surface area contributed by atoms with Gasteiger partial charge in [-0.1, -0.05) is 25.7 Å². The highest BCUT2D eigenvalue weighted by molar-refractivity contribution is 7.99. The molecule has 2 nitrogen and oxygen atoms in total. The Hall–Kier alpha value is -0.0200. The van der Waals surface area contributed by atoms with E-state index in [4.69, 9.17) is 4.74 Å². The van der Waals surface area contributed by atoms with Crippen LogP contribution in [0.4, 0.5) is 0 Å². The summed E-state index contributed by atoms with van der Waals surface area (Å²) in [5.41, 5.74) is 0. The minimum Gasteiger partial charge on any atom is -0.369 e. The average molecular weight is 228 g/mol. The first-order chi connectivity index (χ1) is 7.38. The van der Waals surface area contributed by atoms with Gasteiger partial charge in [0.15, 0.2) is 5.78 Å². The fourth-order valence-corrected chi connectivity index (χ4v) is 3.33. The number of Topliss-reactive ketones (excluding diaryl/α,β-unsaturated/α-hetero) is 1. The summed E-state index contributed by atoms with van der Waals surface area (Å²) in [5.74, 6) is 2.63. The molecule has 1 heterocycles. The molecule has 1 saturated heterocycles. The van der Waals surface area contributed by atoms with Crippen LogP contribution in [0, 0.1) is 5.92 Å². The molecule has 1 aliphatic heterocycles. The largest absolute Gasteiger partial charge is 0.369 e. The van der Waals surface area contributed by atoms with Crippen LogP contribution in [0.5, 0.6) is 0 Å². The van der Waals surface area contributed by atoms with Crippen LogP contribution in [0.25, 0.3) is 0 Å². The van der Waals surface area contributed by atoms with Gasteiger partial charge in [-0.25, -0.2) is 0 Å². The molecule has 0 N–H and O–H groups in total. The van der Waals surface area contributed by atoms with Crippen LogP contribution in [0.3, 0.4) is 0 Å². The topological polar surface area (TPSA) is 26.3 Å². The molecular formula is C12H20O2S. The maximum atomic E-state index is 12.2. The molecule has 1 saturated carbocycles. The van der Waals surface area contributed by atoms with Crippen molar-refractivity contribution in [3.05, 3.63) is 0 Å². The second-order valence-electron chi connectivity index (χ2n) is 4.53. The summed E-state index contributed by atoms with van der Waals surface area (Å²) in [6.07, 6.45) is 7.19. The average Bonchev–Trinajstić information content (AvgIpc) is 2.58. The van der Waals surface area contributed by atoms with Crippen molar-refractivity contribution < 1.29 is 9.53 Å². The number of ketones is 1. The van der Waals surface area contributed by atoms with Gasteiger partial charge in [0.2, 0.25) is 0 Å². The van der Waals surface area contributed by atoms with Crippen molar-refractivity contribution in [2.24, 2.45) is 5.92 Å². The van der Waals surface area contributed by atoms with Crippen molar-refractivity contribution in [1.82, 2.24) is 0 Å². The lowest BCUT2D eigenvalue weighted by Gasteiger charge is -2.24. The maximum Gasteiger partial charge on any atom is 0.165 e. The first kappa shape index (κ1) is 11.5. The minimum absolute atomic E-state index is 0.0909. The minimum atomic E-state index is -0.0909. The van der Waals surface area contributed by atoms with E-state index in [1.165, 1.54) is 25.7 Å². The summed E-state index contributed by atoms with van der Waals surface area (Å²) in [6, 6.07) is 0. The third-order valence-corrected chi connectivity index (χ3v) is 4.38. The van der Waals surface area contributed by atoms with Gasteiger partial charge in [0.1, 0.15) is 6.10 Å². The van der Waals surface area contributed by atoms with E-state index in [2.05, 4.69) is 0 Å². The van der Waals surface area contributed by atoms with Gasteiger partial charge in [-0.15, -0.1) is 0 Å². The van der Waals surface area contributed by atoms with Crippen molar-refractivity contribution >= 4 is 17.5 Å². The zero-order valence-corrected chi connectivity index (χ0v) is 10.1. The summed E-state index contributed by atoms with van der Waals surface area (Å²) in [5, 5.41) is 0. The molecule has 1 unspecified atom stereocenters. The molecule has 0 aromatic carbocycles. The third kappa shape index (κ3) is 3.22. The quantitative estimate of drug-likeness (QED) is 0.680. The first-order valence-corrected chi connectivity index (χ1v) is 7.26. The molecule has 0 radical (unpaired) electrons. The van der Waals surface area contributed by atoms with Crippen LogP contribution in [0.2, 0.25) is 0 Å². The fourth-order valence-electron chi connectivity index (χ4n) is 2.48. The smallest absolute Gasteiger partial charge is 0.165 e. The molecule has 86 valence electrons. The van der Waals surface area contributed by atoms with Crippen molar-refractivity contribution in [3.8, 4) is 0 Å². The lowest BCUT2D eigenvalue weighted by Crippen LogP contribution is -2.35. The summed E-state index contributed by atoms with van der Waals surface area (Å²) >= 11 is 1.85. The van der Waals surface area contributed by atoms with Crippen LogP contribution < -0.4 is 0 Å². The van der Waals surface area contributed by atoms with Crippen LogP contribution in [0.1, 0.15) is 38.5 Å². The van der Waals surface area contributed by atoms with E-state index in [0.717, 1.165) is 31.0 Å². The highest BCUT2D eigenvalue weighted by Crippen LogP contribution is 2.26. The van der Waals surface area contributed by atoms with Gasteiger partial charge in [-0.05, 0) is 12.8 Å². The first-order valence-electron chi connectivity index (χ1n) is 6.11. The van der Waals surface area contributed by atoms with Crippen molar-refractivity contribution in [2.45, 2.75) is 44.6 Å². The standard InChI is InChI=1S/C12H20O2S/c13-12(11-9-15-8-7-14-11)10-5-3-1-2-4-6-10/h10-11H,1-9H2. The Kier molecular flexibility index (Phi) is 4.51. The summed E-state index contributed by atoms with van der Waals surface area (Å²) in [6.45, 7) is 0.758. The highest BCUT2D eigenvalue weighted by Gasteiger charge is 2.29. The Morgan fingerprint density at radius 1 is 1.13 bits per heavy atom. The lowest BCUT2D eigenvalue weighted by atomic mass is 9.92. The summed E-state index contributed by atoms with van der Waals surface area (Å²) < 4.78 is 5.56. The molecule has 1 aliphatic carbocycles. The van der Waals surface area contributed by atoms with Gasteiger partial charge < -0.3 is 4.74 Å². The highest BCUT2D eigenvalue weighted by atomic mass is 32.2. The number of carbonyl (C=O) groups is 1. The Bertz CT molecular complexity index is 204. The molecular weight excluding hydrogens is 208 g/mol. The van der Waals surface area contributed by atoms with Gasteiger partial charge in [0.05, 0.1) is 6.61 Å². The van der Waals surface area contributed by atoms with E-state index < -0.39 is 0 Å². The van der Waals surface area contributed by atoms with Crippen LogP contribution in [-0.4, -0.2) is 30.0 Å². The van der Waals surface area contributed by atoms with E-state index in [1.54, 1.807) is 0 Å². The van der Waals surface area contributed by atoms with E-state index in [1.807, 2.05) is 11.8 Å². The Morgan fingerprint density at radius 2 is 1.87 bits per heavy atom. The number of ether oxygens (including phenoxy) is 1. The fraction of sp³-hybridized carbons (Fsp3) is 0.917. The zero-order valence-electron chi connectivity index (χ0n) is 9.24. The molecule has 2 fully saturated rings. The SMILES string of the molecule is O=C(C1CCCCCC1)C1CSCCO1. The van der Waals surface area contributed by atoms with Gasteiger partial charge in [-0.3, -0.25) is 4.79 Å².